The van der Waals surface area contributed by atoms with Crippen molar-refractivity contribution < 1.29 is 40.6 Å². The van der Waals surface area contributed by atoms with Gasteiger partial charge in [0.25, 0.3) is 26.1 Å². The van der Waals surface area contributed by atoms with Crippen LogP contribution in [0.4, 0.5) is 11.4 Å². The number of aromatic hydroxyl groups is 1. The molecular weight excluding hydrogens is 523 g/mol. The van der Waals surface area contributed by atoms with Crippen LogP contribution in [-0.4, -0.2) is 43.6 Å². The molecule has 0 atom stereocenters. The van der Waals surface area contributed by atoms with Crippen molar-refractivity contribution in [2.24, 2.45) is 0 Å². The van der Waals surface area contributed by atoms with E-state index in [1.54, 1.807) is 0 Å². The van der Waals surface area contributed by atoms with Crippen LogP contribution < -0.4 is 15.8 Å². The Kier molecular flexibility index (Phi) is 6.66. The summed E-state index contributed by atoms with van der Waals surface area (Å²) < 4.78 is 70.8. The fourth-order valence-corrected chi connectivity index (χ4v) is 4.71. The van der Waals surface area contributed by atoms with Gasteiger partial charge in [0.1, 0.15) is 21.3 Å². The van der Waals surface area contributed by atoms with Gasteiger partial charge in [-0.05, 0) is 36.4 Å². The number of amides is 1. The maximum Gasteiger partial charge on any atom is 0.296 e. The molecule has 33 heavy (non-hydrogen) atoms. The van der Waals surface area contributed by atoms with Gasteiger partial charge in [-0.3, -0.25) is 13.9 Å². The summed E-state index contributed by atoms with van der Waals surface area (Å²) in [6.07, 6.45) is 0. The summed E-state index contributed by atoms with van der Waals surface area (Å²) >= 11 is 11.8. The van der Waals surface area contributed by atoms with Crippen LogP contribution in [0.5, 0.6) is 11.5 Å². The lowest BCUT2D eigenvalue weighted by Gasteiger charge is -2.16. The number of nitrogens with two attached hydrogens (primary N) is 1. The van der Waals surface area contributed by atoms with Gasteiger partial charge in [-0.15, -0.1) is 0 Å². The molecule has 0 saturated heterocycles. The van der Waals surface area contributed by atoms with Crippen LogP contribution in [0.3, 0.4) is 0 Å². The van der Waals surface area contributed by atoms with E-state index in [1.165, 1.54) is 18.2 Å². The van der Waals surface area contributed by atoms with Crippen molar-refractivity contribution in [2.45, 2.75) is 9.79 Å². The van der Waals surface area contributed by atoms with Crippen molar-refractivity contribution in [1.29, 1.82) is 0 Å². The highest BCUT2D eigenvalue weighted by Crippen LogP contribution is 2.42. The van der Waals surface area contributed by atoms with E-state index in [1.807, 2.05) is 0 Å². The van der Waals surface area contributed by atoms with Gasteiger partial charge in [0.05, 0.1) is 21.8 Å². The van der Waals surface area contributed by atoms with Gasteiger partial charge in [-0.1, -0.05) is 23.2 Å². The minimum atomic E-state index is -4.98. The van der Waals surface area contributed by atoms with E-state index >= 15 is 0 Å². The second-order valence-electron chi connectivity index (χ2n) is 6.53. The third-order valence-electron chi connectivity index (χ3n) is 4.32. The number of halogens is 2. The Morgan fingerprint density at radius 1 is 1.00 bits per heavy atom. The van der Waals surface area contributed by atoms with E-state index in [0.717, 1.165) is 12.1 Å². The zero-order chi connectivity index (χ0) is 24.7. The van der Waals surface area contributed by atoms with E-state index in [9.17, 15) is 35.8 Å². The van der Waals surface area contributed by atoms with E-state index < -0.39 is 64.8 Å². The van der Waals surface area contributed by atoms with Crippen molar-refractivity contribution >= 4 is 71.5 Å². The number of rotatable bonds is 6. The van der Waals surface area contributed by atoms with Gasteiger partial charge in [0.15, 0.2) is 6.61 Å². The molecule has 0 aliphatic heterocycles. The maximum absolute atomic E-state index is 12.4. The number of phenolic OH excluding ortho intramolecular Hbond substituents is 1. The van der Waals surface area contributed by atoms with E-state index in [2.05, 4.69) is 5.32 Å². The molecule has 0 aliphatic carbocycles. The molecule has 3 aromatic rings. The number of hydrogen-bond acceptors (Lipinski definition) is 8. The predicted molar refractivity (Wildman–Crippen MR) is 120 cm³/mol. The van der Waals surface area contributed by atoms with Crippen molar-refractivity contribution in [2.75, 3.05) is 17.7 Å². The number of phenols is 1. The van der Waals surface area contributed by atoms with Crippen molar-refractivity contribution in [3.63, 3.8) is 0 Å². The summed E-state index contributed by atoms with van der Waals surface area (Å²) in [4.78, 5) is 10.6. The minimum Gasteiger partial charge on any atom is -0.505 e. The number of carbonyl (C=O) groups is 1. The summed E-state index contributed by atoms with van der Waals surface area (Å²) in [5.41, 5.74) is 4.59. The SMILES string of the molecule is Nc1c(S(=O)(=O)O)cc2c(S(=O)(=O)O)ccc(NC(=O)COc3ccc(Cl)cc3Cl)c2c1O. The second-order valence-corrected chi connectivity index (χ2v) is 10.2. The quantitative estimate of drug-likeness (QED) is 0.177. The number of fused-ring (bicyclic) bond motifs is 1. The lowest BCUT2D eigenvalue weighted by molar-refractivity contribution is -0.118. The number of hydrogen-bond donors (Lipinski definition) is 5. The zero-order valence-electron chi connectivity index (χ0n) is 16.1. The van der Waals surface area contributed by atoms with E-state index in [0.29, 0.717) is 11.1 Å². The predicted octanol–water partition coefficient (Wildman–Crippen LogP) is 2.95. The molecule has 0 bridgehead atoms. The standard InChI is InChI=1S/C18H14Cl2N2O9S2/c19-8-1-3-12(10(20)5-8)31-7-15(23)22-11-2-4-13(32(25,26)27)9-6-14(33(28,29)30)17(21)18(24)16(9)11/h1-6,24H,7,21H2,(H,22,23)(H,25,26,27)(H,28,29,30). The normalized spacial score (nSPS) is 12.0. The van der Waals surface area contributed by atoms with Crippen LogP contribution in [0.25, 0.3) is 10.8 Å². The molecule has 176 valence electrons. The van der Waals surface area contributed by atoms with Crippen LogP contribution >= 0.6 is 23.2 Å². The van der Waals surface area contributed by atoms with Gasteiger partial charge in [0, 0.05) is 10.4 Å². The van der Waals surface area contributed by atoms with Gasteiger partial charge in [-0.25, -0.2) is 0 Å². The summed E-state index contributed by atoms with van der Waals surface area (Å²) in [6, 6.07) is 6.83. The first-order valence-electron chi connectivity index (χ1n) is 8.61. The second kappa shape index (κ2) is 8.85. The molecule has 0 heterocycles. The topological polar surface area (TPSA) is 193 Å². The van der Waals surface area contributed by atoms with Gasteiger partial charge >= 0.3 is 0 Å². The number of ether oxygens (including phenoxy) is 1. The van der Waals surface area contributed by atoms with Gasteiger partial charge in [0.2, 0.25) is 0 Å². The fraction of sp³-hybridized carbons (Fsp3) is 0.0556. The third kappa shape index (κ3) is 5.24. The molecule has 0 aromatic heterocycles. The van der Waals surface area contributed by atoms with Gasteiger partial charge < -0.3 is 20.9 Å². The minimum absolute atomic E-state index is 0.140. The van der Waals surface area contributed by atoms with Crippen LogP contribution in [-0.2, 0) is 25.0 Å². The Hall–Kier alpha value is -2.81. The number of anilines is 2. The Balaban J connectivity index is 2.06. The molecule has 0 aliphatic rings. The first kappa shape index (κ1) is 24.8. The molecule has 1 amide bonds. The molecule has 11 nitrogen and oxygen atoms in total. The van der Waals surface area contributed by atoms with Crippen LogP contribution in [0.2, 0.25) is 10.0 Å². The van der Waals surface area contributed by atoms with Crippen LogP contribution in [0, 0.1) is 0 Å². The molecule has 0 spiro atoms. The molecule has 0 saturated carbocycles. The fourth-order valence-electron chi connectivity index (χ4n) is 2.92. The number of carbonyl (C=O) groups excluding carboxylic acids is 1. The molecule has 6 N–H and O–H groups in total. The number of benzene rings is 3. The Morgan fingerprint density at radius 2 is 1.64 bits per heavy atom. The average Bonchev–Trinajstić information content (AvgIpc) is 2.68. The van der Waals surface area contributed by atoms with Crippen molar-refractivity contribution in [3.8, 4) is 11.5 Å². The molecule has 15 heteroatoms. The first-order chi connectivity index (χ1) is 15.2. The summed E-state index contributed by atoms with van der Waals surface area (Å²) in [6.45, 7) is -0.567. The van der Waals surface area contributed by atoms with Crippen LogP contribution in [0.1, 0.15) is 0 Å². The zero-order valence-corrected chi connectivity index (χ0v) is 19.3. The lowest BCUT2D eigenvalue weighted by atomic mass is 10.1. The molecule has 0 radical (unpaired) electrons. The van der Waals surface area contributed by atoms with Crippen LogP contribution in [0.15, 0.2) is 46.2 Å². The van der Waals surface area contributed by atoms with Gasteiger partial charge in [-0.2, -0.15) is 16.8 Å². The highest BCUT2D eigenvalue weighted by Gasteiger charge is 2.26. The van der Waals surface area contributed by atoms with Crippen molar-refractivity contribution in [3.05, 3.63) is 46.4 Å². The third-order valence-corrected chi connectivity index (χ3v) is 6.66. The van der Waals surface area contributed by atoms with E-state index in [4.69, 9.17) is 33.7 Å². The summed E-state index contributed by atoms with van der Waals surface area (Å²) in [7, 11) is -9.90. The maximum atomic E-state index is 12.4. The molecule has 3 aromatic carbocycles. The summed E-state index contributed by atoms with van der Waals surface area (Å²) in [5.74, 6) is -1.59. The Labute approximate surface area is 197 Å². The molecular formula is C18H14Cl2N2O9S2. The smallest absolute Gasteiger partial charge is 0.296 e. The first-order valence-corrected chi connectivity index (χ1v) is 12.2. The molecule has 3 rings (SSSR count). The highest BCUT2D eigenvalue weighted by molar-refractivity contribution is 7.86. The number of nitrogen functional groups attached to an aromatic ring is 1. The highest BCUT2D eigenvalue weighted by atomic mass is 35.5. The molecule has 0 unspecified atom stereocenters. The monoisotopic (exact) mass is 536 g/mol. The van der Waals surface area contributed by atoms with Crippen molar-refractivity contribution in [1.82, 2.24) is 0 Å². The molecule has 0 fully saturated rings. The Bertz CT molecular complexity index is 1510. The summed E-state index contributed by atoms with van der Waals surface area (Å²) in [5, 5.41) is 12.4. The van der Waals surface area contributed by atoms with E-state index in [-0.39, 0.29) is 16.5 Å². The lowest BCUT2D eigenvalue weighted by Crippen LogP contribution is -2.20. The largest absolute Gasteiger partial charge is 0.505 e. The Morgan fingerprint density at radius 3 is 2.21 bits per heavy atom. The average molecular weight is 537 g/mol. The number of nitrogens with one attached hydrogen (secondary N) is 1.